The Morgan fingerprint density at radius 2 is 1.60 bits per heavy atom. The van der Waals surface area contributed by atoms with Gasteiger partial charge >= 0.3 is 6.09 Å². The molecule has 5 aromatic rings. The number of ether oxygens (including phenoxy) is 5. The van der Waals surface area contributed by atoms with Gasteiger partial charge in [0.15, 0.2) is 15.7 Å². The molecule has 86 heavy (non-hydrogen) atoms. The number of carbonyl (C=O) groups is 3. The minimum absolute atomic E-state index is 0.0325. The van der Waals surface area contributed by atoms with Crippen molar-refractivity contribution in [1.29, 1.82) is 0 Å². The highest BCUT2D eigenvalue weighted by Crippen LogP contribution is 2.42. The molecule has 3 N–H and O–H groups in total. The number of anilines is 5. The van der Waals surface area contributed by atoms with Crippen LogP contribution in [0.5, 0.6) is 11.5 Å². The Hall–Kier alpha value is -6.62. The number of piperidine rings is 1. The van der Waals surface area contributed by atoms with E-state index < -0.39 is 20.7 Å². The quantitative estimate of drug-likeness (QED) is 0.0490. The molecule has 0 unspecified atom stereocenters. The molecule has 3 amide bonds. The number of hydrogen-bond donors (Lipinski definition) is 3. The van der Waals surface area contributed by atoms with Crippen LogP contribution in [0.4, 0.5) is 33.6 Å². The lowest BCUT2D eigenvalue weighted by Crippen LogP contribution is -2.62. The maximum atomic E-state index is 14.3. The van der Waals surface area contributed by atoms with E-state index in [1.807, 2.05) is 83.0 Å². The van der Waals surface area contributed by atoms with Gasteiger partial charge in [0.05, 0.1) is 84.2 Å². The van der Waals surface area contributed by atoms with Crippen LogP contribution in [-0.4, -0.2) is 171 Å². The van der Waals surface area contributed by atoms with Gasteiger partial charge in [-0.15, -0.1) is 0 Å². The smallest absolute Gasteiger partial charge is 0.410 e. The predicted molar refractivity (Wildman–Crippen MR) is 336 cm³/mol. The summed E-state index contributed by atoms with van der Waals surface area (Å²) in [5.41, 5.74) is 5.93. The highest BCUT2D eigenvalue weighted by atomic mass is 35.5. The first kappa shape index (κ1) is 65.4. The Morgan fingerprint density at radius 1 is 0.872 bits per heavy atom. The molecule has 5 heterocycles. The van der Waals surface area contributed by atoms with Gasteiger partial charge in [-0.2, -0.15) is 4.98 Å². The predicted octanol–water partition coefficient (Wildman–Crippen LogP) is 9.85. The van der Waals surface area contributed by atoms with E-state index in [2.05, 4.69) is 68.6 Å². The Bertz CT molecular complexity index is 3300. The maximum Gasteiger partial charge on any atom is 0.410 e. The van der Waals surface area contributed by atoms with Gasteiger partial charge in [0, 0.05) is 57.4 Å². The van der Waals surface area contributed by atoms with Crippen molar-refractivity contribution in [3.8, 4) is 11.5 Å². The van der Waals surface area contributed by atoms with Gasteiger partial charge in [0.2, 0.25) is 17.8 Å². The van der Waals surface area contributed by atoms with Gasteiger partial charge in [-0.05, 0) is 153 Å². The maximum absolute atomic E-state index is 14.3. The fraction of sp³-hybridized carbons (Fsp3) is 0.531. The number of fused-ring (bicyclic) bond motifs is 1. The summed E-state index contributed by atoms with van der Waals surface area (Å²) in [5.74, 6) is 2.05. The highest BCUT2D eigenvalue weighted by molar-refractivity contribution is 7.92. The van der Waals surface area contributed by atoms with Gasteiger partial charge in [0.1, 0.15) is 28.7 Å². The van der Waals surface area contributed by atoms with E-state index >= 15 is 0 Å². The van der Waals surface area contributed by atoms with E-state index in [1.165, 1.54) is 11.8 Å². The van der Waals surface area contributed by atoms with Crippen molar-refractivity contribution in [1.82, 2.24) is 35.0 Å². The lowest BCUT2D eigenvalue weighted by molar-refractivity contribution is -0.123. The second kappa shape index (κ2) is 28.5. The van der Waals surface area contributed by atoms with Crippen LogP contribution in [0.2, 0.25) is 5.02 Å². The summed E-state index contributed by atoms with van der Waals surface area (Å²) in [4.78, 5) is 62.6. The van der Waals surface area contributed by atoms with Crippen LogP contribution in [0, 0.1) is 6.92 Å². The normalized spacial score (nSPS) is 17.6. The van der Waals surface area contributed by atoms with Gasteiger partial charge in [0.25, 0.3) is 0 Å². The number of likely N-dealkylation sites (tertiary alicyclic amines) is 1. The van der Waals surface area contributed by atoms with Crippen LogP contribution in [0.3, 0.4) is 0 Å². The lowest BCUT2D eigenvalue weighted by atomic mass is 9.86. The third-order valence-corrected chi connectivity index (χ3v) is 18.1. The molecule has 3 aliphatic rings. The fourth-order valence-electron chi connectivity index (χ4n) is 11.3. The number of piperazine rings is 1. The number of aromatic nitrogens is 3. The zero-order chi connectivity index (χ0) is 62.1. The van der Waals surface area contributed by atoms with Crippen LogP contribution in [0.15, 0.2) is 84.0 Å². The molecule has 2 fully saturated rings. The molecule has 22 heteroatoms. The van der Waals surface area contributed by atoms with E-state index in [4.69, 9.17) is 40.3 Å². The van der Waals surface area contributed by atoms with Gasteiger partial charge in [-0.25, -0.2) is 18.2 Å². The van der Waals surface area contributed by atoms with Crippen molar-refractivity contribution in [2.75, 3.05) is 101 Å². The Labute approximate surface area is 512 Å². The van der Waals surface area contributed by atoms with Crippen LogP contribution < -0.4 is 30.3 Å². The standard InChI is InChI=1S/C64H87ClN10O10S/c1-41(2)84-55-32-49(43(5)29-52(55)70-61-68-34-50(65)60(71-61)69-51-18-14-16-20-56(51)86(79,80)42(3)4)46-21-24-72(25-22-46)37-57(76)66-23-26-82-27-28-83-54-19-15-13-17-47(54)30-45-31-53-59(67-33-45)64(10,11)40-75(53)58(77)38-73-35-44(6)74(36-48(73)39-81-12)62(78)85-63(7,8)9/h13-20,29,31-34,41-42,44,46,48H,21-28,30,35-40H2,1-12H3,(H,66,76)(H2,68,69,70,71)/t44-,48-/m1/s1. The van der Waals surface area contributed by atoms with Crippen molar-refractivity contribution >= 4 is 68.2 Å². The molecule has 8 rings (SSSR count). The van der Waals surface area contributed by atoms with Crippen molar-refractivity contribution < 1.29 is 46.5 Å². The number of nitrogens with zero attached hydrogens (tertiary/aromatic N) is 7. The monoisotopic (exact) mass is 1220 g/mol. The number of methoxy groups -OCH3 is 1. The Kier molecular flexibility index (Phi) is 21.6. The number of halogens is 1. The number of hydrogen-bond acceptors (Lipinski definition) is 17. The molecule has 0 bridgehead atoms. The summed E-state index contributed by atoms with van der Waals surface area (Å²) < 4.78 is 56.1. The van der Waals surface area contributed by atoms with Crippen molar-refractivity contribution in [2.24, 2.45) is 0 Å². The zero-order valence-corrected chi connectivity index (χ0v) is 53.6. The molecule has 3 aliphatic heterocycles. The second-order valence-corrected chi connectivity index (χ2v) is 27.7. The molecule has 0 spiro atoms. The number of sulfone groups is 1. The van der Waals surface area contributed by atoms with Crippen LogP contribution in [0.1, 0.15) is 116 Å². The topological polar surface area (TPSA) is 219 Å². The third-order valence-electron chi connectivity index (χ3n) is 15.6. The largest absolute Gasteiger partial charge is 0.491 e. The minimum Gasteiger partial charge on any atom is -0.491 e. The van der Waals surface area contributed by atoms with E-state index in [1.54, 1.807) is 50.1 Å². The van der Waals surface area contributed by atoms with Crippen molar-refractivity contribution in [3.63, 3.8) is 0 Å². The average Bonchev–Trinajstić information content (AvgIpc) is 3.61. The molecule has 20 nitrogen and oxygen atoms in total. The third kappa shape index (κ3) is 16.7. The molecule has 466 valence electrons. The average molecular weight is 1220 g/mol. The number of nitrogens with one attached hydrogen (secondary N) is 3. The van der Waals surface area contributed by atoms with E-state index in [9.17, 15) is 22.8 Å². The molecular formula is C64H87ClN10O10S. The van der Waals surface area contributed by atoms with Crippen LogP contribution >= 0.6 is 11.6 Å². The summed E-state index contributed by atoms with van der Waals surface area (Å²) in [6, 6.07) is 20.4. The van der Waals surface area contributed by atoms with Crippen molar-refractivity contribution in [2.45, 2.75) is 141 Å². The number of amides is 3. The number of benzene rings is 3. The van der Waals surface area contributed by atoms with Crippen LogP contribution in [-0.2, 0) is 45.5 Å². The van der Waals surface area contributed by atoms with Gasteiger partial charge < -0.3 is 49.4 Å². The number of carbonyl (C=O) groups excluding carboxylic acids is 3. The number of pyridine rings is 1. The molecular weight excluding hydrogens is 1140 g/mol. The van der Waals surface area contributed by atoms with Gasteiger partial charge in [-0.1, -0.05) is 55.8 Å². The van der Waals surface area contributed by atoms with E-state index in [0.717, 1.165) is 59.8 Å². The van der Waals surface area contributed by atoms with E-state index in [-0.39, 0.29) is 75.7 Å². The number of para-hydroxylation sites is 2. The van der Waals surface area contributed by atoms with Gasteiger partial charge in [-0.3, -0.25) is 24.4 Å². The molecule has 2 atom stereocenters. The van der Waals surface area contributed by atoms with E-state index in [0.29, 0.717) is 82.7 Å². The molecule has 3 aromatic carbocycles. The zero-order valence-electron chi connectivity index (χ0n) is 52.0. The first-order valence-electron chi connectivity index (χ1n) is 29.8. The minimum atomic E-state index is -3.60. The summed E-state index contributed by atoms with van der Waals surface area (Å²) in [6.07, 6.45) is 5.15. The molecule has 2 saturated heterocycles. The SMILES string of the molecule is COC[C@H]1CN(C(=O)OC(C)(C)C)[C@H](C)CN1CC(=O)N1CC(C)(C)c2ncc(Cc3ccccc3OCCOCCNC(=O)CN3CCC(c4cc(OC(C)C)c(Nc5ncc(Cl)c(Nc6ccccc6S(=O)(=O)C(C)C)n5)cc4C)CC3)cc21. The second-order valence-electron chi connectivity index (χ2n) is 24.8. The number of aryl methyl sites for hydroxylation is 1. The number of rotatable bonds is 24. The highest BCUT2D eigenvalue weighted by Gasteiger charge is 2.42. The summed E-state index contributed by atoms with van der Waals surface area (Å²) in [5, 5.41) is 9.05. The summed E-state index contributed by atoms with van der Waals surface area (Å²) >= 11 is 6.54. The molecule has 0 saturated carbocycles. The summed E-state index contributed by atoms with van der Waals surface area (Å²) in [6.45, 7) is 26.2. The lowest BCUT2D eigenvalue weighted by Gasteiger charge is -2.45. The van der Waals surface area contributed by atoms with Crippen LogP contribution in [0.25, 0.3) is 0 Å². The Morgan fingerprint density at radius 3 is 2.33 bits per heavy atom. The molecule has 0 aliphatic carbocycles. The Balaban J connectivity index is 0.778. The molecule has 2 aromatic heterocycles. The summed E-state index contributed by atoms with van der Waals surface area (Å²) in [7, 11) is -1.97. The fourth-order valence-corrected chi connectivity index (χ4v) is 12.6. The first-order valence-corrected chi connectivity index (χ1v) is 31.7. The first-order chi connectivity index (χ1) is 40.8. The van der Waals surface area contributed by atoms with Crippen molar-refractivity contribution in [3.05, 3.63) is 112 Å². The molecule has 0 radical (unpaired) electrons.